The lowest BCUT2D eigenvalue weighted by Gasteiger charge is -2.13. The Hall–Kier alpha value is -1.46. The van der Waals surface area contributed by atoms with Crippen LogP contribution >= 0.6 is 0 Å². The molecule has 1 unspecified atom stereocenters. The van der Waals surface area contributed by atoms with Crippen molar-refractivity contribution in [3.63, 3.8) is 0 Å². The maximum atomic E-state index is 13.0. The molecular weight excluding hydrogens is 247 g/mol. The minimum atomic E-state index is -0.234. The number of halogens is 1. The molecule has 0 saturated heterocycles. The van der Waals surface area contributed by atoms with Crippen molar-refractivity contribution in [2.45, 2.75) is 19.4 Å². The molecule has 1 aromatic rings. The van der Waals surface area contributed by atoms with Crippen LogP contribution in [0.1, 0.15) is 12.5 Å². The second-order valence-corrected chi connectivity index (χ2v) is 4.46. The van der Waals surface area contributed by atoms with Crippen LogP contribution in [-0.4, -0.2) is 38.8 Å². The summed E-state index contributed by atoms with van der Waals surface area (Å²) in [4.78, 5) is 11.4. The van der Waals surface area contributed by atoms with E-state index in [4.69, 9.17) is 4.74 Å². The predicted octanol–water partition coefficient (Wildman–Crippen LogP) is 1.11. The Kier molecular flexibility index (Phi) is 7.07. The summed E-state index contributed by atoms with van der Waals surface area (Å²) in [6.07, 6.45) is 0.684. The van der Waals surface area contributed by atoms with E-state index in [9.17, 15) is 9.18 Å². The zero-order chi connectivity index (χ0) is 14.1. The van der Waals surface area contributed by atoms with Gasteiger partial charge in [-0.2, -0.15) is 0 Å². The Morgan fingerprint density at radius 1 is 1.47 bits per heavy atom. The van der Waals surface area contributed by atoms with E-state index < -0.39 is 0 Å². The molecule has 0 spiro atoms. The van der Waals surface area contributed by atoms with E-state index in [-0.39, 0.29) is 24.3 Å². The largest absolute Gasteiger partial charge is 0.383 e. The Balaban J connectivity index is 2.24. The smallest absolute Gasteiger partial charge is 0.234 e. The highest BCUT2D eigenvalue weighted by Crippen LogP contribution is 2.06. The third-order valence-corrected chi connectivity index (χ3v) is 2.67. The normalized spacial score (nSPS) is 12.2. The van der Waals surface area contributed by atoms with E-state index in [1.54, 1.807) is 13.2 Å². The Labute approximate surface area is 113 Å². The zero-order valence-corrected chi connectivity index (χ0v) is 11.4. The molecule has 0 aliphatic rings. The van der Waals surface area contributed by atoms with Crippen LogP contribution in [0.15, 0.2) is 24.3 Å². The molecule has 1 atom stereocenters. The average molecular weight is 268 g/mol. The molecular formula is C14H21FN2O2. The van der Waals surface area contributed by atoms with E-state index >= 15 is 0 Å². The third-order valence-electron chi connectivity index (χ3n) is 2.67. The van der Waals surface area contributed by atoms with Crippen LogP contribution in [0, 0.1) is 5.82 Å². The van der Waals surface area contributed by atoms with Crippen LogP contribution in [-0.2, 0) is 16.0 Å². The highest BCUT2D eigenvalue weighted by Gasteiger charge is 2.06. The van der Waals surface area contributed by atoms with Gasteiger partial charge < -0.3 is 15.4 Å². The lowest BCUT2D eigenvalue weighted by molar-refractivity contribution is -0.120. The molecule has 0 saturated carbocycles. The number of amides is 1. The number of methoxy groups -OCH3 is 1. The van der Waals surface area contributed by atoms with Crippen molar-refractivity contribution in [1.82, 2.24) is 10.6 Å². The molecule has 1 aromatic carbocycles. The summed E-state index contributed by atoms with van der Waals surface area (Å²) < 4.78 is 17.8. The fraction of sp³-hybridized carbons (Fsp3) is 0.500. The van der Waals surface area contributed by atoms with Gasteiger partial charge in [-0.25, -0.2) is 4.39 Å². The maximum Gasteiger partial charge on any atom is 0.234 e. The van der Waals surface area contributed by atoms with Crippen molar-refractivity contribution >= 4 is 5.91 Å². The van der Waals surface area contributed by atoms with E-state index in [0.717, 1.165) is 5.56 Å². The molecule has 0 aliphatic carbocycles. The van der Waals surface area contributed by atoms with Gasteiger partial charge in [-0.3, -0.25) is 4.79 Å². The predicted molar refractivity (Wildman–Crippen MR) is 72.5 cm³/mol. The first-order valence-electron chi connectivity index (χ1n) is 6.35. The van der Waals surface area contributed by atoms with Crippen LogP contribution in [0.25, 0.3) is 0 Å². The molecule has 0 aliphatic heterocycles. The highest BCUT2D eigenvalue weighted by atomic mass is 19.1. The summed E-state index contributed by atoms with van der Waals surface area (Å²) in [5.41, 5.74) is 0.916. The number of nitrogens with one attached hydrogen (secondary N) is 2. The van der Waals surface area contributed by atoms with Crippen LogP contribution in [0.2, 0.25) is 0 Å². The van der Waals surface area contributed by atoms with Gasteiger partial charge in [0.25, 0.3) is 0 Å². The van der Waals surface area contributed by atoms with Gasteiger partial charge in [0.15, 0.2) is 0 Å². The zero-order valence-electron chi connectivity index (χ0n) is 11.4. The minimum Gasteiger partial charge on any atom is -0.383 e. The topological polar surface area (TPSA) is 50.4 Å². The van der Waals surface area contributed by atoms with Crippen molar-refractivity contribution < 1.29 is 13.9 Å². The van der Waals surface area contributed by atoms with E-state index in [1.807, 2.05) is 13.0 Å². The van der Waals surface area contributed by atoms with Gasteiger partial charge in [-0.1, -0.05) is 12.1 Å². The number of rotatable bonds is 8. The van der Waals surface area contributed by atoms with Crippen LogP contribution in [0.5, 0.6) is 0 Å². The average Bonchev–Trinajstić information content (AvgIpc) is 2.37. The number of ether oxygens (including phenoxy) is 1. The van der Waals surface area contributed by atoms with E-state index in [0.29, 0.717) is 19.6 Å². The summed E-state index contributed by atoms with van der Waals surface area (Å²) >= 11 is 0. The van der Waals surface area contributed by atoms with E-state index in [1.165, 1.54) is 12.1 Å². The molecule has 19 heavy (non-hydrogen) atoms. The quantitative estimate of drug-likeness (QED) is 0.694. The maximum absolute atomic E-state index is 13.0. The van der Waals surface area contributed by atoms with Gasteiger partial charge in [0.2, 0.25) is 5.91 Å². The molecule has 106 valence electrons. The number of hydrogen-bond donors (Lipinski definition) is 2. The van der Waals surface area contributed by atoms with Gasteiger partial charge in [0.05, 0.1) is 13.2 Å². The first-order valence-corrected chi connectivity index (χ1v) is 6.35. The van der Waals surface area contributed by atoms with Gasteiger partial charge in [-0.05, 0) is 31.0 Å². The summed E-state index contributed by atoms with van der Waals surface area (Å²) in [5, 5.41) is 5.83. The molecule has 4 nitrogen and oxygen atoms in total. The van der Waals surface area contributed by atoms with Gasteiger partial charge >= 0.3 is 0 Å². The number of benzene rings is 1. The van der Waals surface area contributed by atoms with Crippen molar-refractivity contribution in [1.29, 1.82) is 0 Å². The summed E-state index contributed by atoms with van der Waals surface area (Å²) in [7, 11) is 1.59. The molecule has 2 N–H and O–H groups in total. The molecule has 0 bridgehead atoms. The molecule has 1 amide bonds. The van der Waals surface area contributed by atoms with Gasteiger partial charge in [-0.15, -0.1) is 0 Å². The first-order chi connectivity index (χ1) is 9.11. The minimum absolute atomic E-state index is 0.0665. The lowest BCUT2D eigenvalue weighted by atomic mass is 10.1. The molecule has 5 heteroatoms. The number of carbonyl (C=O) groups excluding carboxylic acids is 1. The van der Waals surface area contributed by atoms with Crippen molar-refractivity contribution in [3.05, 3.63) is 35.6 Å². The fourth-order valence-electron chi connectivity index (χ4n) is 1.71. The summed E-state index contributed by atoms with van der Waals surface area (Å²) in [6.45, 7) is 3.23. The first kappa shape index (κ1) is 15.6. The number of carbonyl (C=O) groups is 1. The third kappa shape index (κ3) is 6.88. The van der Waals surface area contributed by atoms with Crippen molar-refractivity contribution in [2.24, 2.45) is 0 Å². The molecule has 1 rings (SSSR count). The summed E-state index contributed by atoms with van der Waals surface area (Å²) in [6, 6.07) is 6.60. The van der Waals surface area contributed by atoms with Gasteiger partial charge in [0.1, 0.15) is 5.82 Å². The van der Waals surface area contributed by atoms with Gasteiger partial charge in [0, 0.05) is 19.7 Å². The SMILES string of the molecule is COCCNC(=O)CNC(C)Cc1cccc(F)c1. The lowest BCUT2D eigenvalue weighted by Crippen LogP contribution is -2.39. The monoisotopic (exact) mass is 268 g/mol. The molecule has 0 radical (unpaired) electrons. The second kappa shape index (κ2) is 8.61. The van der Waals surface area contributed by atoms with Crippen LogP contribution in [0.3, 0.4) is 0 Å². The van der Waals surface area contributed by atoms with E-state index in [2.05, 4.69) is 10.6 Å². The van der Waals surface area contributed by atoms with Crippen molar-refractivity contribution in [2.75, 3.05) is 26.8 Å². The fourth-order valence-corrected chi connectivity index (χ4v) is 1.71. The summed E-state index contributed by atoms with van der Waals surface area (Å²) in [5.74, 6) is -0.301. The van der Waals surface area contributed by atoms with Crippen LogP contribution in [0.4, 0.5) is 4.39 Å². The Morgan fingerprint density at radius 3 is 2.95 bits per heavy atom. The Bertz CT molecular complexity index is 399. The molecule has 0 fully saturated rings. The molecule has 0 aromatic heterocycles. The Morgan fingerprint density at radius 2 is 2.26 bits per heavy atom. The van der Waals surface area contributed by atoms with Crippen LogP contribution < -0.4 is 10.6 Å². The second-order valence-electron chi connectivity index (χ2n) is 4.46. The number of hydrogen-bond acceptors (Lipinski definition) is 3. The highest BCUT2D eigenvalue weighted by molar-refractivity contribution is 5.77. The standard InChI is InChI=1S/C14H21FN2O2/c1-11(8-12-4-3-5-13(15)9-12)17-10-14(18)16-6-7-19-2/h3-5,9,11,17H,6-8,10H2,1-2H3,(H,16,18). The van der Waals surface area contributed by atoms with Crippen molar-refractivity contribution in [3.8, 4) is 0 Å². The molecule has 0 heterocycles.